The SMILES string of the molecule is Cc1cccc(N2CCC(Nc3cncc(SCc4ccccc4)n3)CC2)n1. The molecule has 1 fully saturated rings. The van der Waals surface area contributed by atoms with E-state index in [4.69, 9.17) is 4.98 Å². The zero-order chi connectivity index (χ0) is 19.2. The standard InChI is InChI=1S/C22H25N5S/c1-17-6-5-9-21(24-17)27-12-10-19(11-13-27)25-20-14-23-15-22(26-20)28-16-18-7-3-2-4-8-18/h2-9,14-15,19H,10-13,16H2,1H3,(H,25,26). The van der Waals surface area contributed by atoms with Gasteiger partial charge in [0, 0.05) is 30.6 Å². The Balaban J connectivity index is 1.30. The van der Waals surface area contributed by atoms with Crippen LogP contribution in [0.15, 0.2) is 66.0 Å². The second-order valence-corrected chi connectivity index (χ2v) is 8.06. The summed E-state index contributed by atoms with van der Waals surface area (Å²) in [5.41, 5.74) is 2.36. The molecule has 0 bridgehead atoms. The van der Waals surface area contributed by atoms with E-state index in [1.54, 1.807) is 11.8 Å². The number of rotatable bonds is 6. The van der Waals surface area contributed by atoms with Crippen LogP contribution in [0.5, 0.6) is 0 Å². The molecule has 0 atom stereocenters. The van der Waals surface area contributed by atoms with Gasteiger partial charge in [0.05, 0.1) is 12.4 Å². The lowest BCUT2D eigenvalue weighted by atomic mass is 10.1. The molecule has 1 N–H and O–H groups in total. The fourth-order valence-corrected chi connectivity index (χ4v) is 4.19. The first-order valence-electron chi connectivity index (χ1n) is 9.70. The highest BCUT2D eigenvalue weighted by Gasteiger charge is 2.20. The molecule has 0 unspecified atom stereocenters. The Hall–Kier alpha value is -2.60. The van der Waals surface area contributed by atoms with E-state index in [0.717, 1.165) is 54.0 Å². The maximum Gasteiger partial charge on any atom is 0.146 e. The number of pyridine rings is 1. The van der Waals surface area contributed by atoms with Gasteiger partial charge in [-0.25, -0.2) is 9.97 Å². The van der Waals surface area contributed by atoms with Gasteiger partial charge in [-0.1, -0.05) is 36.4 Å². The molecule has 28 heavy (non-hydrogen) atoms. The van der Waals surface area contributed by atoms with Gasteiger partial charge in [0.25, 0.3) is 0 Å². The second-order valence-electron chi connectivity index (χ2n) is 7.06. The fraction of sp³-hybridized carbons (Fsp3) is 0.318. The van der Waals surface area contributed by atoms with Crippen molar-refractivity contribution in [2.24, 2.45) is 0 Å². The molecule has 0 saturated carbocycles. The summed E-state index contributed by atoms with van der Waals surface area (Å²) in [6.07, 6.45) is 5.79. The van der Waals surface area contributed by atoms with Gasteiger partial charge >= 0.3 is 0 Å². The van der Waals surface area contributed by atoms with Crippen molar-refractivity contribution in [3.63, 3.8) is 0 Å². The Morgan fingerprint density at radius 3 is 2.61 bits per heavy atom. The Bertz CT molecular complexity index is 894. The Morgan fingerprint density at radius 1 is 1.00 bits per heavy atom. The molecule has 5 nitrogen and oxygen atoms in total. The maximum absolute atomic E-state index is 4.73. The minimum atomic E-state index is 0.421. The Labute approximate surface area is 170 Å². The van der Waals surface area contributed by atoms with Crippen LogP contribution in [-0.2, 0) is 5.75 Å². The van der Waals surface area contributed by atoms with Crippen molar-refractivity contribution in [1.82, 2.24) is 15.0 Å². The van der Waals surface area contributed by atoms with Gasteiger partial charge in [-0.3, -0.25) is 4.98 Å². The van der Waals surface area contributed by atoms with E-state index in [1.807, 2.05) is 31.5 Å². The molecule has 0 spiro atoms. The molecule has 1 aliphatic heterocycles. The molecule has 0 amide bonds. The first-order valence-corrected chi connectivity index (χ1v) is 10.7. The first-order chi connectivity index (χ1) is 13.8. The minimum absolute atomic E-state index is 0.421. The third kappa shape index (κ3) is 5.01. The highest BCUT2D eigenvalue weighted by atomic mass is 32.2. The number of hydrogen-bond donors (Lipinski definition) is 1. The minimum Gasteiger partial charge on any atom is -0.366 e. The molecule has 6 heteroatoms. The molecule has 2 aromatic heterocycles. The summed E-state index contributed by atoms with van der Waals surface area (Å²) in [5.74, 6) is 2.85. The first kappa shape index (κ1) is 18.7. The number of aryl methyl sites for hydroxylation is 1. The lowest BCUT2D eigenvalue weighted by molar-refractivity contribution is 0.521. The van der Waals surface area contributed by atoms with Crippen molar-refractivity contribution < 1.29 is 0 Å². The average molecular weight is 392 g/mol. The van der Waals surface area contributed by atoms with Crippen LogP contribution in [0.4, 0.5) is 11.6 Å². The van der Waals surface area contributed by atoms with Crippen molar-refractivity contribution in [3.8, 4) is 0 Å². The molecule has 1 saturated heterocycles. The van der Waals surface area contributed by atoms with E-state index in [1.165, 1.54) is 5.56 Å². The summed E-state index contributed by atoms with van der Waals surface area (Å²) in [5, 5.41) is 4.52. The molecule has 4 rings (SSSR count). The van der Waals surface area contributed by atoms with Crippen LogP contribution in [0.3, 0.4) is 0 Å². The summed E-state index contributed by atoms with van der Waals surface area (Å²) in [7, 11) is 0. The monoisotopic (exact) mass is 391 g/mol. The molecule has 3 aromatic rings. The van der Waals surface area contributed by atoms with Crippen LogP contribution in [0.1, 0.15) is 24.1 Å². The summed E-state index contributed by atoms with van der Waals surface area (Å²) in [6, 6.07) is 17.1. The van der Waals surface area contributed by atoms with Crippen LogP contribution >= 0.6 is 11.8 Å². The zero-order valence-corrected chi connectivity index (χ0v) is 16.9. The lowest BCUT2D eigenvalue weighted by Crippen LogP contribution is -2.39. The van der Waals surface area contributed by atoms with E-state index in [0.29, 0.717) is 6.04 Å². The second kappa shape index (κ2) is 9.06. The van der Waals surface area contributed by atoms with Gasteiger partial charge < -0.3 is 10.2 Å². The molecule has 3 heterocycles. The number of nitrogens with zero attached hydrogens (tertiary/aromatic N) is 4. The van der Waals surface area contributed by atoms with Crippen molar-refractivity contribution >= 4 is 23.4 Å². The summed E-state index contributed by atoms with van der Waals surface area (Å²) >= 11 is 1.72. The van der Waals surface area contributed by atoms with E-state index >= 15 is 0 Å². The smallest absolute Gasteiger partial charge is 0.146 e. The number of benzene rings is 1. The number of aromatic nitrogens is 3. The topological polar surface area (TPSA) is 53.9 Å². The van der Waals surface area contributed by atoms with Crippen molar-refractivity contribution in [2.75, 3.05) is 23.3 Å². The molecule has 1 aromatic carbocycles. The van der Waals surface area contributed by atoms with Crippen LogP contribution in [0.2, 0.25) is 0 Å². The molecular formula is C22H25N5S. The summed E-state index contributed by atoms with van der Waals surface area (Å²) < 4.78 is 0. The molecule has 0 aliphatic carbocycles. The van der Waals surface area contributed by atoms with Gasteiger partial charge in [-0.2, -0.15) is 0 Å². The number of piperidine rings is 1. The van der Waals surface area contributed by atoms with Crippen LogP contribution in [0.25, 0.3) is 0 Å². The Kier molecular flexibility index (Phi) is 6.07. The van der Waals surface area contributed by atoms with Gasteiger partial charge in [0.2, 0.25) is 0 Å². The van der Waals surface area contributed by atoms with Crippen molar-refractivity contribution in [1.29, 1.82) is 0 Å². The van der Waals surface area contributed by atoms with Crippen LogP contribution in [-0.4, -0.2) is 34.1 Å². The van der Waals surface area contributed by atoms with Gasteiger partial charge in [-0.05, 0) is 37.5 Å². The number of anilines is 2. The van der Waals surface area contributed by atoms with Gasteiger partial charge in [0.1, 0.15) is 16.7 Å². The predicted octanol–water partition coefficient (Wildman–Crippen LogP) is 4.55. The van der Waals surface area contributed by atoms with E-state index in [2.05, 4.69) is 56.6 Å². The quantitative estimate of drug-likeness (QED) is 0.622. The Morgan fingerprint density at radius 2 is 1.82 bits per heavy atom. The molecule has 144 valence electrons. The van der Waals surface area contributed by atoms with Crippen LogP contribution in [0, 0.1) is 6.92 Å². The van der Waals surface area contributed by atoms with Crippen LogP contribution < -0.4 is 10.2 Å². The molecule has 1 aliphatic rings. The third-order valence-electron chi connectivity index (χ3n) is 4.89. The average Bonchev–Trinajstić information content (AvgIpc) is 2.74. The zero-order valence-electron chi connectivity index (χ0n) is 16.1. The number of hydrogen-bond acceptors (Lipinski definition) is 6. The third-order valence-corrected chi connectivity index (χ3v) is 5.86. The van der Waals surface area contributed by atoms with E-state index in [-0.39, 0.29) is 0 Å². The van der Waals surface area contributed by atoms with Crippen molar-refractivity contribution in [2.45, 2.75) is 36.6 Å². The van der Waals surface area contributed by atoms with E-state index < -0.39 is 0 Å². The van der Waals surface area contributed by atoms with Gasteiger partial charge in [-0.15, -0.1) is 11.8 Å². The maximum atomic E-state index is 4.73. The molecule has 0 radical (unpaired) electrons. The normalized spacial score (nSPS) is 14.8. The van der Waals surface area contributed by atoms with Crippen molar-refractivity contribution in [3.05, 3.63) is 72.2 Å². The lowest BCUT2D eigenvalue weighted by Gasteiger charge is -2.33. The number of thioether (sulfide) groups is 1. The number of nitrogens with one attached hydrogen (secondary N) is 1. The van der Waals surface area contributed by atoms with E-state index in [9.17, 15) is 0 Å². The van der Waals surface area contributed by atoms with Gasteiger partial charge in [0.15, 0.2) is 0 Å². The summed E-state index contributed by atoms with van der Waals surface area (Å²) in [4.78, 5) is 16.1. The highest BCUT2D eigenvalue weighted by Crippen LogP contribution is 2.23. The highest BCUT2D eigenvalue weighted by molar-refractivity contribution is 7.98. The predicted molar refractivity (Wildman–Crippen MR) is 116 cm³/mol. The largest absolute Gasteiger partial charge is 0.366 e. The fourth-order valence-electron chi connectivity index (χ4n) is 3.39. The molecular weight excluding hydrogens is 366 g/mol. The summed E-state index contributed by atoms with van der Waals surface area (Å²) in [6.45, 7) is 4.05.